The predicted molar refractivity (Wildman–Crippen MR) is 234 cm³/mol. The molecule has 298 valence electrons. The molecule has 0 bridgehead atoms. The van der Waals surface area contributed by atoms with E-state index in [1.807, 2.05) is 54.6 Å². The number of benzene rings is 4. The Bertz CT molecular complexity index is 1890. The molecular formula is C48H64N2O4Si2. The zero-order chi connectivity index (χ0) is 41.8. The van der Waals surface area contributed by atoms with Gasteiger partial charge in [0.05, 0.1) is 36.5 Å². The Morgan fingerprint density at radius 1 is 0.536 bits per heavy atom. The van der Waals surface area contributed by atoms with Gasteiger partial charge in [-0.2, -0.15) is 10.5 Å². The van der Waals surface area contributed by atoms with Crippen molar-refractivity contribution in [2.24, 2.45) is 0 Å². The fourth-order valence-corrected chi connectivity index (χ4v) is 19.7. The molecule has 0 saturated heterocycles. The molecule has 0 aromatic heterocycles. The number of carbonyl (C=O) groups is 1. The van der Waals surface area contributed by atoms with Crippen molar-refractivity contribution in [3.8, 4) is 12.1 Å². The highest BCUT2D eigenvalue weighted by molar-refractivity contribution is 6.78. The number of nitriles is 2. The summed E-state index contributed by atoms with van der Waals surface area (Å²) in [6.07, 6.45) is -0.737. The van der Waals surface area contributed by atoms with Gasteiger partial charge in [0.1, 0.15) is 6.10 Å². The number of aliphatic hydroxyl groups is 1. The molecule has 4 aromatic rings. The first kappa shape index (κ1) is 46.2. The second-order valence-electron chi connectivity index (χ2n) is 16.8. The molecule has 1 atom stereocenters. The SMILES string of the molecule is CC(C)[Si](OCc1ccc(C(=O)c2cccc(C#N)c2)cc1)(C(C)C)C(C)C.CC(C)[Si](OCc1ccc(C(O)c2cccc(C#N)c2)cc1)(C(C)C)C(C)C. The molecule has 0 heterocycles. The van der Waals surface area contributed by atoms with Gasteiger partial charge < -0.3 is 14.0 Å². The summed E-state index contributed by atoms with van der Waals surface area (Å²) in [7, 11) is -3.80. The molecule has 0 aliphatic heterocycles. The highest BCUT2D eigenvalue weighted by Gasteiger charge is 2.46. The molecule has 4 aromatic carbocycles. The standard InChI is InChI=1S/C24H33NO2Si.C24H31NO2Si/c2*1-17(2)28(18(3)4,19(5)6)27-16-20-10-12-22(13-11-20)24(26)23-9-7-8-21(14-23)15-25/h7-14,17-19,24,26H,16H2,1-6H3;7-14,17-19H,16H2,1-6H3. The lowest BCUT2D eigenvalue weighted by Gasteiger charge is -2.42. The van der Waals surface area contributed by atoms with Crippen LogP contribution in [0.3, 0.4) is 0 Å². The lowest BCUT2D eigenvalue weighted by molar-refractivity contribution is 0.103. The van der Waals surface area contributed by atoms with Crippen molar-refractivity contribution in [2.45, 2.75) is 136 Å². The average molecular weight is 789 g/mol. The zero-order valence-corrected chi connectivity index (χ0v) is 37.8. The predicted octanol–water partition coefficient (Wildman–Crippen LogP) is 12.8. The van der Waals surface area contributed by atoms with E-state index < -0.39 is 22.7 Å². The Labute approximate surface area is 339 Å². The van der Waals surface area contributed by atoms with E-state index in [1.165, 1.54) is 0 Å². The van der Waals surface area contributed by atoms with Crippen LogP contribution in [-0.2, 0) is 22.1 Å². The van der Waals surface area contributed by atoms with E-state index in [-0.39, 0.29) is 5.78 Å². The number of carbonyl (C=O) groups excluding carboxylic acids is 1. The molecule has 1 N–H and O–H groups in total. The first-order chi connectivity index (χ1) is 26.4. The minimum absolute atomic E-state index is 0.0696. The van der Waals surface area contributed by atoms with Crippen molar-refractivity contribution >= 4 is 22.4 Å². The van der Waals surface area contributed by atoms with Crippen LogP contribution in [0.1, 0.15) is 138 Å². The lowest BCUT2D eigenvalue weighted by atomic mass is 9.99. The summed E-state index contributed by atoms with van der Waals surface area (Å²) in [5, 5.41) is 28.7. The van der Waals surface area contributed by atoms with Gasteiger partial charge in [-0.05, 0) is 79.8 Å². The van der Waals surface area contributed by atoms with Crippen molar-refractivity contribution in [2.75, 3.05) is 0 Å². The average Bonchev–Trinajstić information content (AvgIpc) is 3.17. The first-order valence-corrected chi connectivity index (χ1v) is 24.4. The summed E-state index contributed by atoms with van der Waals surface area (Å²) in [6, 6.07) is 33.7. The summed E-state index contributed by atoms with van der Waals surface area (Å²) in [5.74, 6) is -0.0696. The second kappa shape index (κ2) is 20.8. The van der Waals surface area contributed by atoms with Crippen LogP contribution in [0.2, 0.25) is 33.2 Å². The Balaban J connectivity index is 0.000000300. The van der Waals surface area contributed by atoms with Gasteiger partial charge in [-0.25, -0.2) is 0 Å². The Morgan fingerprint density at radius 3 is 1.34 bits per heavy atom. The van der Waals surface area contributed by atoms with E-state index in [9.17, 15) is 9.90 Å². The van der Waals surface area contributed by atoms with Crippen LogP contribution in [0, 0.1) is 22.7 Å². The van der Waals surface area contributed by atoms with Gasteiger partial charge in [0.15, 0.2) is 5.78 Å². The molecule has 0 amide bonds. The van der Waals surface area contributed by atoms with E-state index in [0.29, 0.717) is 68.7 Å². The molecule has 0 saturated carbocycles. The summed E-state index contributed by atoms with van der Waals surface area (Å²) in [5.41, 5.74) is 9.26. The van der Waals surface area contributed by atoms with Crippen molar-refractivity contribution in [3.63, 3.8) is 0 Å². The summed E-state index contributed by atoms with van der Waals surface area (Å²) in [4.78, 5) is 12.7. The lowest BCUT2D eigenvalue weighted by Crippen LogP contribution is -2.47. The summed E-state index contributed by atoms with van der Waals surface area (Å²) >= 11 is 0. The van der Waals surface area contributed by atoms with E-state index in [2.05, 4.69) is 95.2 Å². The second-order valence-corrected chi connectivity index (χ2v) is 27.7. The summed E-state index contributed by atoms with van der Waals surface area (Å²) in [6.45, 7) is 28.6. The van der Waals surface area contributed by atoms with E-state index in [0.717, 1.165) is 22.3 Å². The van der Waals surface area contributed by atoms with Gasteiger partial charge in [-0.1, -0.05) is 156 Å². The van der Waals surface area contributed by atoms with Crippen molar-refractivity contribution < 1.29 is 18.8 Å². The number of hydrogen-bond donors (Lipinski definition) is 1. The van der Waals surface area contributed by atoms with Crippen molar-refractivity contribution in [1.82, 2.24) is 0 Å². The molecule has 0 fully saturated rings. The van der Waals surface area contributed by atoms with Crippen LogP contribution in [0.4, 0.5) is 0 Å². The monoisotopic (exact) mass is 788 g/mol. The number of ketones is 1. The van der Waals surface area contributed by atoms with Gasteiger partial charge in [0.25, 0.3) is 0 Å². The first-order valence-electron chi connectivity index (χ1n) is 20.1. The molecule has 4 rings (SSSR count). The largest absolute Gasteiger partial charge is 0.412 e. The summed E-state index contributed by atoms with van der Waals surface area (Å²) < 4.78 is 13.3. The Hall–Kier alpha value is -4.16. The van der Waals surface area contributed by atoms with E-state index in [1.54, 1.807) is 42.5 Å². The van der Waals surface area contributed by atoms with Gasteiger partial charge in [-0.15, -0.1) is 0 Å². The minimum Gasteiger partial charge on any atom is -0.412 e. The Morgan fingerprint density at radius 2 is 0.929 bits per heavy atom. The normalized spacial score (nSPS) is 12.5. The quantitative estimate of drug-likeness (QED) is 0.0895. The van der Waals surface area contributed by atoms with E-state index >= 15 is 0 Å². The smallest absolute Gasteiger partial charge is 0.200 e. The van der Waals surface area contributed by atoms with Crippen molar-refractivity contribution in [3.05, 3.63) is 142 Å². The molecule has 0 aliphatic rings. The van der Waals surface area contributed by atoms with Crippen LogP contribution in [0.5, 0.6) is 0 Å². The van der Waals surface area contributed by atoms with Crippen LogP contribution in [0.25, 0.3) is 0 Å². The van der Waals surface area contributed by atoms with Crippen LogP contribution < -0.4 is 0 Å². The molecule has 1 unspecified atom stereocenters. The van der Waals surface area contributed by atoms with Gasteiger partial charge in [-0.3, -0.25) is 4.79 Å². The van der Waals surface area contributed by atoms with Gasteiger partial charge >= 0.3 is 0 Å². The molecule has 6 nitrogen and oxygen atoms in total. The van der Waals surface area contributed by atoms with Crippen LogP contribution in [-0.4, -0.2) is 27.5 Å². The third-order valence-electron chi connectivity index (χ3n) is 11.5. The maximum absolute atomic E-state index is 12.7. The molecule has 56 heavy (non-hydrogen) atoms. The molecule has 0 spiro atoms. The third-order valence-corrected chi connectivity index (χ3v) is 23.6. The zero-order valence-electron chi connectivity index (χ0n) is 35.8. The number of nitrogens with zero attached hydrogens (tertiary/aromatic N) is 2. The number of aliphatic hydroxyl groups excluding tert-OH is 1. The highest BCUT2D eigenvalue weighted by atomic mass is 28.4. The fraction of sp³-hybridized carbons (Fsp3) is 0.438. The number of rotatable bonds is 16. The van der Waals surface area contributed by atoms with E-state index in [4.69, 9.17) is 19.4 Å². The minimum atomic E-state index is -1.91. The topological polar surface area (TPSA) is 103 Å². The highest BCUT2D eigenvalue weighted by Crippen LogP contribution is 2.44. The fourth-order valence-electron chi connectivity index (χ4n) is 8.83. The van der Waals surface area contributed by atoms with Crippen LogP contribution >= 0.6 is 0 Å². The molecule has 8 heteroatoms. The molecule has 0 radical (unpaired) electrons. The van der Waals surface area contributed by atoms with Crippen LogP contribution in [0.15, 0.2) is 97.1 Å². The van der Waals surface area contributed by atoms with Gasteiger partial charge in [0.2, 0.25) is 16.6 Å². The molecule has 0 aliphatic carbocycles. The maximum atomic E-state index is 12.7. The van der Waals surface area contributed by atoms with Crippen molar-refractivity contribution in [1.29, 1.82) is 10.5 Å². The number of hydrogen-bond acceptors (Lipinski definition) is 6. The third kappa shape index (κ3) is 11.0. The Kier molecular flexibility index (Phi) is 17.2. The molecular weight excluding hydrogens is 725 g/mol. The van der Waals surface area contributed by atoms with Gasteiger partial charge in [0, 0.05) is 11.1 Å². The maximum Gasteiger partial charge on any atom is 0.200 e.